The lowest BCUT2D eigenvalue weighted by Crippen LogP contribution is -2.21. The molecule has 0 amide bonds. The van der Waals surface area contributed by atoms with E-state index in [-0.39, 0.29) is 5.41 Å². The molecule has 0 nitrogen and oxygen atoms in total. The second-order valence-corrected chi connectivity index (χ2v) is 6.93. The third kappa shape index (κ3) is 2.44. The predicted octanol–water partition coefficient (Wildman–Crippen LogP) is 4.63. The van der Waals surface area contributed by atoms with E-state index in [1.807, 2.05) is 0 Å². The SMILES string of the molecule is CC(C)(C)c1ccc(C2CC(Br)C2)cc1. The smallest absolute Gasteiger partial charge is 0.0157 e. The fraction of sp³-hybridized carbons (Fsp3) is 0.571. The molecule has 0 atom stereocenters. The number of halogens is 1. The van der Waals surface area contributed by atoms with Gasteiger partial charge in [-0.25, -0.2) is 0 Å². The van der Waals surface area contributed by atoms with Crippen molar-refractivity contribution in [2.45, 2.75) is 49.8 Å². The van der Waals surface area contributed by atoms with Gasteiger partial charge in [-0.05, 0) is 35.3 Å². The highest BCUT2D eigenvalue weighted by atomic mass is 79.9. The van der Waals surface area contributed by atoms with Crippen molar-refractivity contribution in [2.24, 2.45) is 0 Å². The Morgan fingerprint density at radius 3 is 2.00 bits per heavy atom. The van der Waals surface area contributed by atoms with Crippen molar-refractivity contribution in [3.63, 3.8) is 0 Å². The van der Waals surface area contributed by atoms with Crippen molar-refractivity contribution in [2.75, 3.05) is 0 Å². The lowest BCUT2D eigenvalue weighted by molar-refractivity contribution is 0.441. The first-order chi connectivity index (χ1) is 6.97. The summed E-state index contributed by atoms with van der Waals surface area (Å²) in [7, 11) is 0. The highest BCUT2D eigenvalue weighted by molar-refractivity contribution is 9.09. The van der Waals surface area contributed by atoms with Gasteiger partial charge in [0.25, 0.3) is 0 Å². The Bertz CT molecular complexity index is 325. The van der Waals surface area contributed by atoms with Gasteiger partial charge in [0.1, 0.15) is 0 Å². The average molecular weight is 267 g/mol. The number of benzene rings is 1. The molecule has 0 N–H and O–H groups in total. The molecule has 0 heterocycles. The fourth-order valence-electron chi connectivity index (χ4n) is 2.08. The van der Waals surface area contributed by atoms with Crippen molar-refractivity contribution in [1.29, 1.82) is 0 Å². The van der Waals surface area contributed by atoms with Gasteiger partial charge in [-0.3, -0.25) is 0 Å². The molecule has 0 saturated heterocycles. The molecule has 0 spiro atoms. The van der Waals surface area contributed by atoms with Crippen LogP contribution in [0.3, 0.4) is 0 Å². The number of alkyl halides is 1. The summed E-state index contributed by atoms with van der Waals surface area (Å²) in [5, 5.41) is 0. The zero-order valence-corrected chi connectivity index (χ0v) is 11.3. The van der Waals surface area contributed by atoms with E-state index < -0.39 is 0 Å². The second-order valence-electron chi connectivity index (χ2n) is 5.64. The standard InChI is InChI=1S/C14H19Br/c1-14(2,3)12-6-4-10(5-7-12)11-8-13(15)9-11/h4-7,11,13H,8-9H2,1-3H3. The Kier molecular flexibility index (Phi) is 2.94. The molecule has 15 heavy (non-hydrogen) atoms. The molecule has 2 rings (SSSR count). The van der Waals surface area contributed by atoms with Gasteiger partial charge in [0.2, 0.25) is 0 Å². The van der Waals surface area contributed by atoms with Crippen LogP contribution in [-0.4, -0.2) is 4.83 Å². The number of hydrogen-bond acceptors (Lipinski definition) is 0. The van der Waals surface area contributed by atoms with Crippen LogP contribution in [0, 0.1) is 0 Å². The molecule has 0 bridgehead atoms. The van der Waals surface area contributed by atoms with Crippen LogP contribution >= 0.6 is 15.9 Å². The molecule has 1 aromatic carbocycles. The minimum atomic E-state index is 0.274. The first-order valence-corrected chi connectivity index (χ1v) is 6.63. The first-order valence-electron chi connectivity index (χ1n) is 5.71. The highest BCUT2D eigenvalue weighted by Crippen LogP contribution is 2.41. The van der Waals surface area contributed by atoms with Crippen LogP contribution < -0.4 is 0 Å². The Balaban J connectivity index is 2.11. The maximum Gasteiger partial charge on any atom is 0.0157 e. The predicted molar refractivity (Wildman–Crippen MR) is 69.8 cm³/mol. The minimum absolute atomic E-state index is 0.274. The summed E-state index contributed by atoms with van der Waals surface area (Å²) < 4.78 is 0. The molecule has 1 aliphatic rings. The minimum Gasteiger partial charge on any atom is -0.0890 e. The topological polar surface area (TPSA) is 0 Å². The number of rotatable bonds is 1. The van der Waals surface area contributed by atoms with E-state index in [0.717, 1.165) is 10.7 Å². The van der Waals surface area contributed by atoms with Gasteiger partial charge in [-0.2, -0.15) is 0 Å². The second kappa shape index (κ2) is 3.93. The Hall–Kier alpha value is -0.300. The largest absolute Gasteiger partial charge is 0.0890 e. The lowest BCUT2D eigenvalue weighted by atomic mass is 9.78. The molecule has 1 fully saturated rings. The average Bonchev–Trinajstić information content (AvgIpc) is 2.12. The quantitative estimate of drug-likeness (QED) is 0.651. The first kappa shape index (κ1) is 11.2. The summed E-state index contributed by atoms with van der Waals surface area (Å²) in [6.45, 7) is 6.79. The van der Waals surface area contributed by atoms with E-state index in [1.165, 1.54) is 24.0 Å². The van der Waals surface area contributed by atoms with Crippen molar-refractivity contribution < 1.29 is 0 Å². The van der Waals surface area contributed by atoms with Crippen molar-refractivity contribution in [3.8, 4) is 0 Å². The van der Waals surface area contributed by atoms with Crippen LogP contribution in [0.4, 0.5) is 0 Å². The van der Waals surface area contributed by atoms with E-state index in [9.17, 15) is 0 Å². The van der Waals surface area contributed by atoms with Crippen molar-refractivity contribution in [3.05, 3.63) is 35.4 Å². The molecule has 0 unspecified atom stereocenters. The molecular formula is C14H19Br. The highest BCUT2D eigenvalue weighted by Gasteiger charge is 2.28. The third-order valence-corrected chi connectivity index (χ3v) is 4.08. The van der Waals surface area contributed by atoms with E-state index >= 15 is 0 Å². The lowest BCUT2D eigenvalue weighted by Gasteiger charge is -2.32. The number of hydrogen-bond donors (Lipinski definition) is 0. The molecule has 0 aliphatic heterocycles. The summed E-state index contributed by atoms with van der Waals surface area (Å²) in [5.41, 5.74) is 3.22. The summed E-state index contributed by atoms with van der Waals surface area (Å²) >= 11 is 3.64. The van der Waals surface area contributed by atoms with Gasteiger partial charge in [0, 0.05) is 4.83 Å². The Morgan fingerprint density at radius 1 is 1.07 bits per heavy atom. The van der Waals surface area contributed by atoms with Gasteiger partial charge in [0.05, 0.1) is 0 Å². The van der Waals surface area contributed by atoms with Crippen LogP contribution in [0.5, 0.6) is 0 Å². The summed E-state index contributed by atoms with van der Waals surface area (Å²) in [5.74, 6) is 0.795. The molecular weight excluding hydrogens is 248 g/mol. The van der Waals surface area contributed by atoms with Gasteiger partial charge in [-0.1, -0.05) is 61.0 Å². The summed E-state index contributed by atoms with van der Waals surface area (Å²) in [6.07, 6.45) is 2.60. The van der Waals surface area contributed by atoms with Crippen molar-refractivity contribution >= 4 is 15.9 Å². The zero-order chi connectivity index (χ0) is 11.1. The van der Waals surface area contributed by atoms with Crippen LogP contribution in [0.1, 0.15) is 50.7 Å². The molecule has 82 valence electrons. The summed E-state index contributed by atoms with van der Waals surface area (Å²) in [4.78, 5) is 0.754. The van der Waals surface area contributed by atoms with Crippen molar-refractivity contribution in [1.82, 2.24) is 0 Å². The van der Waals surface area contributed by atoms with E-state index in [0.29, 0.717) is 0 Å². The Morgan fingerprint density at radius 2 is 1.60 bits per heavy atom. The zero-order valence-electron chi connectivity index (χ0n) is 9.76. The van der Waals surface area contributed by atoms with Crippen LogP contribution in [0.25, 0.3) is 0 Å². The normalized spacial score (nSPS) is 26.1. The van der Waals surface area contributed by atoms with Crippen LogP contribution in [0.2, 0.25) is 0 Å². The third-order valence-electron chi connectivity index (χ3n) is 3.33. The fourth-order valence-corrected chi connectivity index (χ4v) is 2.98. The van der Waals surface area contributed by atoms with E-state index in [2.05, 4.69) is 61.0 Å². The molecule has 1 aliphatic carbocycles. The van der Waals surface area contributed by atoms with E-state index in [1.54, 1.807) is 0 Å². The molecule has 0 aromatic heterocycles. The molecule has 1 aromatic rings. The maximum absolute atomic E-state index is 3.64. The van der Waals surface area contributed by atoms with E-state index in [4.69, 9.17) is 0 Å². The van der Waals surface area contributed by atoms with Gasteiger partial charge >= 0.3 is 0 Å². The molecule has 0 radical (unpaired) electrons. The van der Waals surface area contributed by atoms with Crippen LogP contribution in [-0.2, 0) is 5.41 Å². The summed E-state index contributed by atoms with van der Waals surface area (Å²) in [6, 6.07) is 9.20. The molecule has 1 saturated carbocycles. The van der Waals surface area contributed by atoms with Gasteiger partial charge < -0.3 is 0 Å². The Labute approximate surface area is 101 Å². The monoisotopic (exact) mass is 266 g/mol. The van der Waals surface area contributed by atoms with Crippen LogP contribution in [0.15, 0.2) is 24.3 Å². The van der Waals surface area contributed by atoms with Gasteiger partial charge in [-0.15, -0.1) is 0 Å². The molecule has 1 heteroatoms. The van der Waals surface area contributed by atoms with Gasteiger partial charge in [0.15, 0.2) is 0 Å². The maximum atomic E-state index is 3.64.